The molecular formula is C22H29FN4O. The van der Waals surface area contributed by atoms with E-state index in [1.165, 1.54) is 23.3 Å². The third-order valence-electron chi connectivity index (χ3n) is 4.89. The van der Waals surface area contributed by atoms with E-state index in [-0.39, 0.29) is 5.82 Å². The summed E-state index contributed by atoms with van der Waals surface area (Å²) in [5.74, 6) is 0.590. The lowest BCUT2D eigenvalue weighted by Crippen LogP contribution is -2.38. The van der Waals surface area contributed by atoms with Crippen LogP contribution in [0.2, 0.25) is 0 Å². The summed E-state index contributed by atoms with van der Waals surface area (Å²) in [6, 6.07) is 15.3. The SMILES string of the molecule is CN=C(NCc1ccc(CN2CCOCC2)cc1)N(C)Cc1ccc(F)cc1. The zero-order valence-electron chi connectivity index (χ0n) is 16.7. The molecule has 2 aromatic carbocycles. The Morgan fingerprint density at radius 2 is 1.64 bits per heavy atom. The Bertz CT molecular complexity index is 755. The molecule has 1 aliphatic rings. The lowest BCUT2D eigenvalue weighted by molar-refractivity contribution is 0.0342. The molecule has 0 spiro atoms. The van der Waals surface area contributed by atoms with Gasteiger partial charge >= 0.3 is 0 Å². The lowest BCUT2D eigenvalue weighted by Gasteiger charge is -2.26. The maximum Gasteiger partial charge on any atom is 0.193 e. The Balaban J connectivity index is 1.49. The van der Waals surface area contributed by atoms with Crippen LogP contribution in [0.1, 0.15) is 16.7 Å². The van der Waals surface area contributed by atoms with E-state index in [1.807, 2.05) is 11.9 Å². The van der Waals surface area contributed by atoms with E-state index in [0.717, 1.165) is 44.4 Å². The zero-order valence-corrected chi connectivity index (χ0v) is 16.7. The van der Waals surface area contributed by atoms with Gasteiger partial charge in [0.25, 0.3) is 0 Å². The maximum absolute atomic E-state index is 13.1. The van der Waals surface area contributed by atoms with Gasteiger partial charge < -0.3 is 15.0 Å². The molecule has 1 N–H and O–H groups in total. The van der Waals surface area contributed by atoms with E-state index in [0.29, 0.717) is 13.1 Å². The summed E-state index contributed by atoms with van der Waals surface area (Å²) in [5, 5.41) is 3.39. The van der Waals surface area contributed by atoms with Gasteiger partial charge in [0, 0.05) is 46.8 Å². The number of hydrogen-bond donors (Lipinski definition) is 1. The molecule has 1 fully saturated rings. The van der Waals surface area contributed by atoms with Gasteiger partial charge in [0.2, 0.25) is 0 Å². The molecule has 0 aliphatic carbocycles. The molecule has 0 atom stereocenters. The Hall–Kier alpha value is -2.44. The summed E-state index contributed by atoms with van der Waals surface area (Å²) < 4.78 is 18.5. The molecule has 150 valence electrons. The summed E-state index contributed by atoms with van der Waals surface area (Å²) in [5.41, 5.74) is 3.57. The summed E-state index contributed by atoms with van der Waals surface area (Å²) in [6.07, 6.45) is 0. The monoisotopic (exact) mass is 384 g/mol. The molecule has 0 saturated carbocycles. The highest BCUT2D eigenvalue weighted by Crippen LogP contribution is 2.10. The van der Waals surface area contributed by atoms with Crippen LogP contribution < -0.4 is 5.32 Å². The molecule has 2 aromatic rings. The molecule has 0 unspecified atom stereocenters. The van der Waals surface area contributed by atoms with Crippen LogP contribution in [0, 0.1) is 5.82 Å². The Morgan fingerprint density at radius 1 is 1.04 bits per heavy atom. The number of halogens is 1. The van der Waals surface area contributed by atoms with Crippen molar-refractivity contribution in [3.63, 3.8) is 0 Å². The minimum absolute atomic E-state index is 0.217. The Morgan fingerprint density at radius 3 is 2.29 bits per heavy atom. The van der Waals surface area contributed by atoms with Crippen LogP contribution in [0.5, 0.6) is 0 Å². The molecule has 1 heterocycles. The molecule has 1 saturated heterocycles. The smallest absolute Gasteiger partial charge is 0.193 e. The van der Waals surface area contributed by atoms with Crippen molar-refractivity contribution >= 4 is 5.96 Å². The number of rotatable bonds is 6. The van der Waals surface area contributed by atoms with Crippen LogP contribution in [-0.4, -0.2) is 56.2 Å². The topological polar surface area (TPSA) is 40.1 Å². The number of aliphatic imine (C=N–C) groups is 1. The molecule has 0 radical (unpaired) electrons. The van der Waals surface area contributed by atoms with E-state index in [9.17, 15) is 4.39 Å². The Kier molecular flexibility index (Phi) is 7.39. The average molecular weight is 384 g/mol. The standard InChI is InChI=1S/C22H29FN4O/c1-24-22(26(2)16-19-7-9-21(23)10-8-19)25-15-18-3-5-20(6-4-18)17-27-11-13-28-14-12-27/h3-10H,11-17H2,1-2H3,(H,24,25). The molecule has 0 bridgehead atoms. The van der Waals surface area contributed by atoms with Crippen LogP contribution in [0.4, 0.5) is 4.39 Å². The molecule has 0 aromatic heterocycles. The van der Waals surface area contributed by atoms with Gasteiger partial charge in [-0.25, -0.2) is 4.39 Å². The van der Waals surface area contributed by atoms with Gasteiger partial charge in [-0.15, -0.1) is 0 Å². The van der Waals surface area contributed by atoms with Crippen molar-refractivity contribution in [3.05, 3.63) is 71.0 Å². The number of benzene rings is 2. The van der Waals surface area contributed by atoms with Crippen LogP contribution in [0.25, 0.3) is 0 Å². The maximum atomic E-state index is 13.1. The minimum atomic E-state index is -0.217. The van der Waals surface area contributed by atoms with Gasteiger partial charge in [0.1, 0.15) is 5.82 Å². The third kappa shape index (κ3) is 6.04. The number of morpholine rings is 1. The molecule has 3 rings (SSSR count). The normalized spacial score (nSPS) is 15.5. The first-order valence-electron chi connectivity index (χ1n) is 9.68. The van der Waals surface area contributed by atoms with Crippen molar-refractivity contribution in [3.8, 4) is 0 Å². The zero-order chi connectivity index (χ0) is 19.8. The second-order valence-electron chi connectivity index (χ2n) is 7.09. The summed E-state index contributed by atoms with van der Waals surface area (Å²) in [6.45, 7) is 6.00. The van der Waals surface area contributed by atoms with E-state index in [2.05, 4.69) is 39.5 Å². The van der Waals surface area contributed by atoms with Crippen LogP contribution in [0.3, 0.4) is 0 Å². The fourth-order valence-corrected chi connectivity index (χ4v) is 3.28. The van der Waals surface area contributed by atoms with Crippen molar-refractivity contribution in [2.24, 2.45) is 4.99 Å². The second-order valence-corrected chi connectivity index (χ2v) is 7.09. The predicted octanol–water partition coefficient (Wildman–Crippen LogP) is 2.87. The highest BCUT2D eigenvalue weighted by Gasteiger charge is 2.11. The lowest BCUT2D eigenvalue weighted by atomic mass is 10.1. The molecule has 1 aliphatic heterocycles. The first kappa shape index (κ1) is 20.3. The van der Waals surface area contributed by atoms with E-state index < -0.39 is 0 Å². The number of ether oxygens (including phenoxy) is 1. The van der Waals surface area contributed by atoms with Crippen molar-refractivity contribution < 1.29 is 9.13 Å². The molecule has 6 heteroatoms. The number of nitrogens with zero attached hydrogens (tertiary/aromatic N) is 3. The first-order valence-corrected chi connectivity index (χ1v) is 9.68. The summed E-state index contributed by atoms with van der Waals surface area (Å²) in [7, 11) is 3.75. The largest absolute Gasteiger partial charge is 0.379 e. The van der Waals surface area contributed by atoms with E-state index >= 15 is 0 Å². The third-order valence-corrected chi connectivity index (χ3v) is 4.89. The summed E-state index contributed by atoms with van der Waals surface area (Å²) in [4.78, 5) is 8.80. The van der Waals surface area contributed by atoms with Gasteiger partial charge in [-0.1, -0.05) is 36.4 Å². The van der Waals surface area contributed by atoms with Gasteiger partial charge in [-0.2, -0.15) is 0 Å². The fourth-order valence-electron chi connectivity index (χ4n) is 3.28. The molecule has 0 amide bonds. The van der Waals surface area contributed by atoms with Gasteiger partial charge in [-0.05, 0) is 28.8 Å². The molecule has 5 nitrogen and oxygen atoms in total. The van der Waals surface area contributed by atoms with Gasteiger partial charge in [-0.3, -0.25) is 9.89 Å². The van der Waals surface area contributed by atoms with Crippen molar-refractivity contribution in [1.29, 1.82) is 0 Å². The van der Waals surface area contributed by atoms with E-state index in [4.69, 9.17) is 4.74 Å². The number of nitrogens with one attached hydrogen (secondary N) is 1. The highest BCUT2D eigenvalue weighted by molar-refractivity contribution is 5.79. The van der Waals surface area contributed by atoms with Gasteiger partial charge in [0.05, 0.1) is 13.2 Å². The summed E-state index contributed by atoms with van der Waals surface area (Å²) >= 11 is 0. The van der Waals surface area contributed by atoms with Crippen molar-refractivity contribution in [1.82, 2.24) is 15.1 Å². The minimum Gasteiger partial charge on any atom is -0.379 e. The van der Waals surface area contributed by atoms with Crippen LogP contribution in [-0.2, 0) is 24.4 Å². The van der Waals surface area contributed by atoms with E-state index in [1.54, 1.807) is 19.2 Å². The average Bonchev–Trinajstić information content (AvgIpc) is 2.72. The molecular weight excluding hydrogens is 355 g/mol. The number of guanidine groups is 1. The quantitative estimate of drug-likeness (QED) is 0.614. The van der Waals surface area contributed by atoms with Gasteiger partial charge in [0.15, 0.2) is 5.96 Å². The van der Waals surface area contributed by atoms with Crippen molar-refractivity contribution in [2.75, 3.05) is 40.4 Å². The fraction of sp³-hybridized carbons (Fsp3) is 0.409. The second kappa shape index (κ2) is 10.2. The van der Waals surface area contributed by atoms with Crippen LogP contribution >= 0.6 is 0 Å². The molecule has 28 heavy (non-hydrogen) atoms. The highest BCUT2D eigenvalue weighted by atomic mass is 19.1. The number of hydrogen-bond acceptors (Lipinski definition) is 3. The van der Waals surface area contributed by atoms with Crippen LogP contribution in [0.15, 0.2) is 53.5 Å². The van der Waals surface area contributed by atoms with Crippen molar-refractivity contribution in [2.45, 2.75) is 19.6 Å². The first-order chi connectivity index (χ1) is 13.6. The Labute approximate surface area is 166 Å². The predicted molar refractivity (Wildman–Crippen MR) is 111 cm³/mol.